The molecule has 0 bridgehead atoms. The summed E-state index contributed by atoms with van der Waals surface area (Å²) in [4.78, 5) is 0. The molecule has 252 valence electrons. The predicted octanol–water partition coefficient (Wildman–Crippen LogP) is 14.6. The molecular weight excluding hydrogens is 716 g/mol. The van der Waals surface area contributed by atoms with Crippen LogP contribution in [0, 0.1) is 6.92 Å². The van der Waals surface area contributed by atoms with Gasteiger partial charge in [0.1, 0.15) is 0 Å². The third-order valence-electron chi connectivity index (χ3n) is 11.3. The van der Waals surface area contributed by atoms with Crippen molar-refractivity contribution < 1.29 is 0 Å². The van der Waals surface area contributed by atoms with E-state index in [-0.39, 0.29) is 14.5 Å². The normalized spacial score (nSPS) is 11.8. The van der Waals surface area contributed by atoms with Crippen molar-refractivity contribution in [1.29, 1.82) is 0 Å². The zero-order valence-electron chi connectivity index (χ0n) is 29.8. The molecule has 0 N–H and O–H groups in total. The van der Waals surface area contributed by atoms with Crippen LogP contribution in [0.15, 0.2) is 188 Å². The van der Waals surface area contributed by atoms with Crippen LogP contribution in [0.2, 0.25) is 0 Å². The monoisotopic (exact) mass is 750 g/mol. The van der Waals surface area contributed by atoms with E-state index in [1.54, 1.807) is 0 Å². The first-order valence-corrected chi connectivity index (χ1v) is 20.4. The number of fused-ring (bicyclic) bond motifs is 7. The Morgan fingerprint density at radius 1 is 0.259 bits per heavy atom. The molecule has 0 saturated heterocycles. The summed E-state index contributed by atoms with van der Waals surface area (Å²) in [5, 5.41) is 13.1. The maximum atomic E-state index is 2.49. The number of hydrogen-bond donors (Lipinski definition) is 0. The van der Waals surface area contributed by atoms with E-state index in [4.69, 9.17) is 0 Å². The van der Waals surface area contributed by atoms with Gasteiger partial charge in [0.05, 0.1) is 0 Å². The van der Waals surface area contributed by atoms with Crippen LogP contribution in [0.1, 0.15) is 5.56 Å². The Morgan fingerprint density at radius 2 is 0.630 bits per heavy atom. The van der Waals surface area contributed by atoms with Gasteiger partial charge in [-0.2, -0.15) is 0 Å². The summed E-state index contributed by atoms with van der Waals surface area (Å²) >= 11 is 0.216. The SMILES string of the molecule is Cc1ccc(-c2c3ccccc3c(-c3ccc4c(c3)[se]c3ccc(-c5c6ccccc6c(-c6ccccc6)c6ccccc56)cc34)c3ccccc23)cc1. The van der Waals surface area contributed by atoms with E-state index in [9.17, 15) is 0 Å². The summed E-state index contributed by atoms with van der Waals surface area (Å²) in [7, 11) is 0. The molecule has 0 aliphatic carbocycles. The molecule has 1 aromatic heterocycles. The molecule has 0 nitrogen and oxygen atoms in total. The summed E-state index contributed by atoms with van der Waals surface area (Å²) < 4.78 is 2.91. The summed E-state index contributed by atoms with van der Waals surface area (Å²) in [6, 6.07) is 70.2. The van der Waals surface area contributed by atoms with E-state index in [0.717, 1.165) is 0 Å². The molecule has 0 aliphatic heterocycles. The number of hydrogen-bond acceptors (Lipinski definition) is 0. The van der Waals surface area contributed by atoms with Gasteiger partial charge in [-0.3, -0.25) is 0 Å². The van der Waals surface area contributed by atoms with Gasteiger partial charge >= 0.3 is 322 Å². The summed E-state index contributed by atoms with van der Waals surface area (Å²) in [6.45, 7) is 2.16. The zero-order valence-corrected chi connectivity index (χ0v) is 31.5. The van der Waals surface area contributed by atoms with Crippen LogP contribution < -0.4 is 0 Å². The van der Waals surface area contributed by atoms with E-state index < -0.39 is 0 Å². The molecule has 10 aromatic carbocycles. The van der Waals surface area contributed by atoms with Crippen molar-refractivity contribution in [1.82, 2.24) is 0 Å². The molecular formula is C53H34Se. The Morgan fingerprint density at radius 3 is 1.11 bits per heavy atom. The van der Waals surface area contributed by atoms with Crippen molar-refractivity contribution in [3.8, 4) is 44.5 Å². The Balaban J connectivity index is 1.12. The van der Waals surface area contributed by atoms with Crippen molar-refractivity contribution in [3.05, 3.63) is 194 Å². The first-order valence-electron chi connectivity index (χ1n) is 18.7. The van der Waals surface area contributed by atoms with Gasteiger partial charge in [-0.05, 0) is 0 Å². The molecule has 0 spiro atoms. The number of aryl methyl sites for hydroxylation is 1. The van der Waals surface area contributed by atoms with Crippen molar-refractivity contribution >= 4 is 76.9 Å². The molecule has 0 fully saturated rings. The summed E-state index contributed by atoms with van der Waals surface area (Å²) in [5.41, 5.74) is 11.6. The van der Waals surface area contributed by atoms with Gasteiger partial charge in [-0.1, -0.05) is 0 Å². The molecule has 0 aliphatic rings. The van der Waals surface area contributed by atoms with Crippen molar-refractivity contribution in [2.75, 3.05) is 0 Å². The molecule has 11 aromatic rings. The minimum atomic E-state index is 0.216. The zero-order chi connectivity index (χ0) is 35.8. The van der Waals surface area contributed by atoms with E-state index in [1.165, 1.54) is 112 Å². The molecule has 0 unspecified atom stereocenters. The topological polar surface area (TPSA) is 0 Å². The Kier molecular flexibility index (Phi) is 7.20. The van der Waals surface area contributed by atoms with Gasteiger partial charge in [0.2, 0.25) is 0 Å². The molecule has 0 amide bonds. The minimum absolute atomic E-state index is 0.216. The van der Waals surface area contributed by atoms with E-state index >= 15 is 0 Å². The first kappa shape index (κ1) is 31.3. The van der Waals surface area contributed by atoms with E-state index in [2.05, 4.69) is 195 Å². The maximum absolute atomic E-state index is 2.49. The predicted molar refractivity (Wildman–Crippen MR) is 235 cm³/mol. The fraction of sp³-hybridized carbons (Fsp3) is 0.0189. The van der Waals surface area contributed by atoms with E-state index in [1.807, 2.05) is 0 Å². The van der Waals surface area contributed by atoms with Crippen LogP contribution in [-0.4, -0.2) is 14.5 Å². The fourth-order valence-corrected chi connectivity index (χ4v) is 11.3. The third-order valence-corrected chi connectivity index (χ3v) is 13.7. The Bertz CT molecular complexity index is 3140. The van der Waals surface area contributed by atoms with Crippen molar-refractivity contribution in [3.63, 3.8) is 0 Å². The van der Waals surface area contributed by atoms with Crippen LogP contribution in [-0.2, 0) is 0 Å². The number of rotatable bonds is 4. The average Bonchev–Trinajstić information content (AvgIpc) is 3.59. The molecule has 11 rings (SSSR count). The molecule has 0 atom stereocenters. The van der Waals surface area contributed by atoms with Crippen molar-refractivity contribution in [2.45, 2.75) is 6.92 Å². The molecule has 0 radical (unpaired) electrons. The Labute approximate surface area is 320 Å². The quantitative estimate of drug-likeness (QED) is 0.124. The third kappa shape index (κ3) is 4.83. The first-order chi connectivity index (χ1) is 26.7. The molecule has 1 heteroatoms. The van der Waals surface area contributed by atoms with Gasteiger partial charge < -0.3 is 0 Å². The summed E-state index contributed by atoms with van der Waals surface area (Å²) in [6.07, 6.45) is 0. The standard InChI is InChI=1S/C53H34Se/c1-33-23-25-35(26-24-33)51-41-17-7-11-21-45(41)53(46-22-12-8-18-42(46)51)37-27-29-38-47-31-36(28-30-48(47)54-49(38)32-37)52-43-19-9-5-15-39(43)50(34-13-3-2-4-14-34)40-16-6-10-20-44(40)52/h2-32H,1H3. The fourth-order valence-electron chi connectivity index (χ4n) is 8.91. The molecule has 1 heterocycles. The van der Waals surface area contributed by atoms with Gasteiger partial charge in [-0.15, -0.1) is 0 Å². The van der Waals surface area contributed by atoms with Crippen LogP contribution in [0.25, 0.3) is 107 Å². The van der Waals surface area contributed by atoms with Gasteiger partial charge in [0.15, 0.2) is 0 Å². The average molecular weight is 750 g/mol. The van der Waals surface area contributed by atoms with Gasteiger partial charge in [0.25, 0.3) is 0 Å². The van der Waals surface area contributed by atoms with Gasteiger partial charge in [0, 0.05) is 0 Å². The summed E-state index contributed by atoms with van der Waals surface area (Å²) in [5.74, 6) is 0. The Hall–Kier alpha value is -6.24. The van der Waals surface area contributed by atoms with Crippen LogP contribution in [0.4, 0.5) is 0 Å². The second-order valence-electron chi connectivity index (χ2n) is 14.4. The van der Waals surface area contributed by atoms with Crippen LogP contribution >= 0.6 is 0 Å². The molecule has 54 heavy (non-hydrogen) atoms. The van der Waals surface area contributed by atoms with Crippen LogP contribution in [0.3, 0.4) is 0 Å². The van der Waals surface area contributed by atoms with E-state index in [0.29, 0.717) is 0 Å². The second kappa shape index (κ2) is 12.4. The second-order valence-corrected chi connectivity index (χ2v) is 16.7. The molecule has 0 saturated carbocycles. The van der Waals surface area contributed by atoms with Gasteiger partial charge in [-0.25, -0.2) is 0 Å². The van der Waals surface area contributed by atoms with Crippen molar-refractivity contribution in [2.24, 2.45) is 0 Å². The van der Waals surface area contributed by atoms with Crippen LogP contribution in [0.5, 0.6) is 0 Å². The number of benzene rings is 10.